The molecule has 19 atom stereocenters. The zero-order valence-corrected chi connectivity index (χ0v) is 31.5. The van der Waals surface area contributed by atoms with Crippen molar-refractivity contribution in [2.45, 2.75) is 194 Å². The van der Waals surface area contributed by atoms with E-state index in [9.17, 15) is 15.0 Å². The van der Waals surface area contributed by atoms with Crippen molar-refractivity contribution in [3.05, 3.63) is 12.2 Å². The van der Waals surface area contributed by atoms with Gasteiger partial charge in [0.2, 0.25) is 5.72 Å². The predicted octanol–water partition coefficient (Wildman–Crippen LogP) is 2.89. The molecule has 4 N–H and O–H groups in total. The SMILES string of the molecule is C=C1C[C@@H]2CC[C@]34C[C@@H](O)[C@H](O3)C3O[C@H]5CC[C@@H]6CC(=O)C[C@@H]7[C@@H](OC)[C@@H](C[C@H](O)CN)O[C@H]7C[C@H]7O[C@@H](CC[C@@H]1O2)C[C@@H](C)/C7=N\[C@@]5(O6)[C@H](O4)[C@@H]3C. The van der Waals surface area contributed by atoms with E-state index in [2.05, 4.69) is 20.4 Å². The molecule has 7 saturated heterocycles. The zero-order chi connectivity index (χ0) is 36.8. The number of carbonyl (C=O) groups excluding carboxylic acids is 1. The molecule has 11 bridgehead atoms. The minimum absolute atomic E-state index is 0.0187. The van der Waals surface area contributed by atoms with E-state index >= 15 is 0 Å². The second-order valence-electron chi connectivity index (χ2n) is 17.9. The highest BCUT2D eigenvalue weighted by molar-refractivity contribution is 5.92. The van der Waals surface area contributed by atoms with Gasteiger partial charge in [-0.1, -0.05) is 20.4 Å². The maximum absolute atomic E-state index is 14.1. The highest BCUT2D eigenvalue weighted by Crippen LogP contribution is 2.55. The van der Waals surface area contributed by atoms with Crippen LogP contribution in [0.25, 0.3) is 0 Å². The van der Waals surface area contributed by atoms with Crippen LogP contribution in [0.2, 0.25) is 0 Å². The number of nitrogens with zero attached hydrogens (tertiary/aromatic N) is 1. The molecular weight excluding hydrogens is 684 g/mol. The van der Waals surface area contributed by atoms with Crippen LogP contribution in [0, 0.1) is 17.8 Å². The number of methoxy groups -OCH3 is 1. The molecule has 1 unspecified atom stereocenters. The number of nitrogens with two attached hydrogens (primary N) is 1. The molecule has 53 heavy (non-hydrogen) atoms. The van der Waals surface area contributed by atoms with Crippen molar-refractivity contribution in [3.8, 4) is 0 Å². The number of carbonyl (C=O) groups is 1. The van der Waals surface area contributed by atoms with Crippen molar-refractivity contribution in [2.24, 2.45) is 28.5 Å². The average Bonchev–Trinajstić information content (AvgIpc) is 3.74. The summed E-state index contributed by atoms with van der Waals surface area (Å²) in [4.78, 5) is 19.8. The lowest BCUT2D eigenvalue weighted by Gasteiger charge is -2.56. The fourth-order valence-electron chi connectivity index (χ4n) is 11.7. The molecule has 13 nitrogen and oxygen atoms in total. The van der Waals surface area contributed by atoms with Gasteiger partial charge in [-0.3, -0.25) is 9.79 Å². The Labute approximate surface area is 312 Å². The lowest BCUT2D eigenvalue weighted by Crippen LogP contribution is -2.69. The van der Waals surface area contributed by atoms with E-state index < -0.39 is 66.4 Å². The third kappa shape index (κ3) is 6.51. The summed E-state index contributed by atoms with van der Waals surface area (Å²) in [5.41, 5.74) is 6.59. The summed E-state index contributed by atoms with van der Waals surface area (Å²) in [6.45, 7) is 8.85. The summed E-state index contributed by atoms with van der Waals surface area (Å²) in [7, 11) is 1.65. The Balaban J connectivity index is 1.17. The summed E-state index contributed by atoms with van der Waals surface area (Å²) in [6.07, 6.45) is 1.72. The van der Waals surface area contributed by atoms with Crippen LogP contribution >= 0.6 is 0 Å². The molecule has 0 aromatic carbocycles. The van der Waals surface area contributed by atoms with Crippen LogP contribution in [0.15, 0.2) is 17.1 Å². The number of ketones is 1. The number of rotatable bonds is 4. The molecule has 296 valence electrons. The number of Topliss-reactive ketones (excluding diaryl/α,β-unsaturated/α-hetero) is 1. The van der Waals surface area contributed by atoms with Gasteiger partial charge in [0.25, 0.3) is 0 Å². The number of aliphatic hydroxyl groups is 2. The molecular formula is C40H60N2O11. The fraction of sp³-hybridized carbons (Fsp3) is 0.900. The topological polar surface area (TPSA) is 170 Å². The average molecular weight is 745 g/mol. The van der Waals surface area contributed by atoms with Gasteiger partial charge in [-0.05, 0) is 56.4 Å². The minimum Gasteiger partial charge on any atom is -0.392 e. The summed E-state index contributed by atoms with van der Waals surface area (Å²) in [5, 5.41) is 22.0. The van der Waals surface area contributed by atoms with Crippen LogP contribution in [0.1, 0.15) is 97.3 Å². The first-order chi connectivity index (χ1) is 25.5. The zero-order valence-electron chi connectivity index (χ0n) is 31.5. The molecule has 10 heterocycles. The quantitative estimate of drug-likeness (QED) is 0.361. The first-order valence-electron chi connectivity index (χ1n) is 20.5. The number of aliphatic hydroxyl groups excluding tert-OH is 2. The largest absolute Gasteiger partial charge is 0.392 e. The summed E-state index contributed by atoms with van der Waals surface area (Å²) in [6, 6.07) is 0. The van der Waals surface area contributed by atoms with Crippen molar-refractivity contribution in [1.82, 2.24) is 0 Å². The van der Waals surface area contributed by atoms with Crippen LogP contribution in [0.4, 0.5) is 0 Å². The maximum Gasteiger partial charge on any atom is 0.212 e. The minimum atomic E-state index is -1.25. The number of fused-ring (bicyclic) bond motifs is 8. The van der Waals surface area contributed by atoms with E-state index in [1.807, 2.05) is 0 Å². The van der Waals surface area contributed by atoms with Crippen LogP contribution in [0.5, 0.6) is 0 Å². The lowest BCUT2D eigenvalue weighted by atomic mass is 9.75. The molecule has 0 saturated carbocycles. The third-order valence-corrected chi connectivity index (χ3v) is 14.2. The molecule has 0 aromatic rings. The highest BCUT2D eigenvalue weighted by Gasteiger charge is 2.68. The monoisotopic (exact) mass is 744 g/mol. The lowest BCUT2D eigenvalue weighted by molar-refractivity contribution is -0.330. The van der Waals surface area contributed by atoms with Gasteiger partial charge in [-0.25, -0.2) is 0 Å². The number of hydrogen-bond donors (Lipinski definition) is 3. The first-order valence-corrected chi connectivity index (χ1v) is 20.5. The Morgan fingerprint density at radius 1 is 0.943 bits per heavy atom. The molecule has 13 heteroatoms. The second-order valence-corrected chi connectivity index (χ2v) is 17.9. The highest BCUT2D eigenvalue weighted by atomic mass is 16.7. The van der Waals surface area contributed by atoms with Crippen molar-refractivity contribution in [3.63, 3.8) is 0 Å². The van der Waals surface area contributed by atoms with E-state index in [0.29, 0.717) is 44.9 Å². The van der Waals surface area contributed by atoms with Crippen molar-refractivity contribution >= 4 is 11.5 Å². The molecule has 10 rings (SSSR count). The summed E-state index contributed by atoms with van der Waals surface area (Å²) >= 11 is 0. The van der Waals surface area contributed by atoms with Crippen LogP contribution in [-0.2, 0) is 42.7 Å². The third-order valence-electron chi connectivity index (χ3n) is 14.2. The van der Waals surface area contributed by atoms with E-state index in [-0.39, 0.29) is 73.4 Å². The molecule has 10 aliphatic heterocycles. The van der Waals surface area contributed by atoms with Gasteiger partial charge < -0.3 is 53.8 Å². The van der Waals surface area contributed by atoms with Gasteiger partial charge in [0, 0.05) is 69.7 Å². The number of aliphatic imine (C=N–C) groups is 1. The standard InChI is InChI=1S/C40H60N2O11/c1-19-11-25-9-10-39-17-28(45)37(52-39)35-21(3)38(53-39)40-33(50-35)8-6-26(51-40)13-22(43)14-27-30(49-32(36(27)46-4)15-23(44)18-41)16-31-34(42-40)20(2)12-24(48-31)5-7-29(19)47-25/h20-21,23-33,35-38,44-45H,1,5-18,41H2,2-4H3/b42-34+/t20-,21-,23+,24+,25+,26-,27+,28-,29+,30+,31-,32-,33+,35?,36-,37+,38-,39+,40+/m1/s1. The van der Waals surface area contributed by atoms with E-state index in [0.717, 1.165) is 37.0 Å². The normalized spacial score (nSPS) is 53.9. The van der Waals surface area contributed by atoms with Crippen LogP contribution < -0.4 is 5.73 Å². The van der Waals surface area contributed by atoms with Gasteiger partial charge in [0.15, 0.2) is 5.79 Å². The Hall–Kier alpha value is -1.36. The molecule has 2 spiro atoms. The maximum atomic E-state index is 14.1. The molecule has 10 aliphatic rings. The predicted molar refractivity (Wildman–Crippen MR) is 190 cm³/mol. The van der Waals surface area contributed by atoms with Gasteiger partial charge in [0.1, 0.15) is 24.1 Å². The van der Waals surface area contributed by atoms with Crippen molar-refractivity contribution in [1.29, 1.82) is 0 Å². The molecule has 0 aliphatic carbocycles. The summed E-state index contributed by atoms with van der Waals surface area (Å²) < 4.78 is 54.9. The Bertz CT molecular complexity index is 1450. The smallest absolute Gasteiger partial charge is 0.212 e. The molecule has 0 radical (unpaired) electrons. The van der Waals surface area contributed by atoms with E-state index in [4.69, 9.17) is 48.6 Å². The molecule has 0 aromatic heterocycles. The van der Waals surface area contributed by atoms with Gasteiger partial charge in [0.05, 0.1) is 67.1 Å². The van der Waals surface area contributed by atoms with E-state index in [1.54, 1.807) is 7.11 Å². The van der Waals surface area contributed by atoms with Crippen molar-refractivity contribution < 1.29 is 52.9 Å². The molecule has 7 fully saturated rings. The van der Waals surface area contributed by atoms with Gasteiger partial charge in [-0.2, -0.15) is 0 Å². The molecule has 0 amide bonds. The van der Waals surface area contributed by atoms with Gasteiger partial charge in [-0.15, -0.1) is 0 Å². The second kappa shape index (κ2) is 14.2. The number of ether oxygens (including phenoxy) is 8. The Morgan fingerprint density at radius 2 is 1.75 bits per heavy atom. The Kier molecular flexibility index (Phi) is 10.00. The fourth-order valence-corrected chi connectivity index (χ4v) is 11.7. The van der Waals surface area contributed by atoms with Crippen molar-refractivity contribution in [2.75, 3.05) is 13.7 Å². The summed E-state index contributed by atoms with van der Waals surface area (Å²) in [5.74, 6) is -1.40. The van der Waals surface area contributed by atoms with Crippen LogP contribution in [-0.4, -0.2) is 132 Å². The number of hydrogen-bond acceptors (Lipinski definition) is 13. The first kappa shape index (κ1) is 37.2. The Morgan fingerprint density at radius 3 is 2.57 bits per heavy atom. The van der Waals surface area contributed by atoms with Gasteiger partial charge >= 0.3 is 0 Å². The van der Waals surface area contributed by atoms with E-state index in [1.165, 1.54) is 0 Å². The van der Waals surface area contributed by atoms with Crippen LogP contribution in [0.3, 0.4) is 0 Å².